The molecule has 3 aromatic heterocycles. The van der Waals surface area contributed by atoms with Crippen molar-refractivity contribution >= 4 is 43.1 Å². The Bertz CT molecular complexity index is 1960. The topological polar surface area (TPSA) is 103 Å². The van der Waals surface area contributed by atoms with E-state index < -0.39 is 15.1 Å². The van der Waals surface area contributed by atoms with Crippen molar-refractivity contribution in [3.8, 4) is 29.2 Å². The molecule has 0 bridgehead atoms. The SMILES string of the molecule is C#Cc1ccc2c(c1)[nH]c1c2c(=O)c2cc(OC)c(-c3cncc(S(=O)(=O)F)c3)cc2n1C1CCOCC1. The average molecular weight is 532 g/mol. The summed E-state index contributed by atoms with van der Waals surface area (Å²) in [7, 11) is -3.51. The van der Waals surface area contributed by atoms with E-state index in [1.54, 1.807) is 18.2 Å². The fourth-order valence-electron chi connectivity index (χ4n) is 5.30. The fraction of sp³-hybridized carbons (Fsp3) is 0.214. The number of pyridine rings is 2. The molecule has 10 heteroatoms. The summed E-state index contributed by atoms with van der Waals surface area (Å²) in [6, 6.07) is 10.1. The van der Waals surface area contributed by atoms with Crippen molar-refractivity contribution < 1.29 is 21.8 Å². The van der Waals surface area contributed by atoms with Crippen LogP contribution in [0.5, 0.6) is 5.75 Å². The minimum atomic E-state index is -4.97. The van der Waals surface area contributed by atoms with Crippen LogP contribution in [0.4, 0.5) is 3.89 Å². The van der Waals surface area contributed by atoms with Gasteiger partial charge < -0.3 is 19.0 Å². The lowest BCUT2D eigenvalue weighted by Gasteiger charge is -2.27. The molecule has 2 aromatic carbocycles. The summed E-state index contributed by atoms with van der Waals surface area (Å²) in [5.41, 5.74) is 3.36. The average Bonchev–Trinajstić information content (AvgIpc) is 3.31. The molecule has 1 aliphatic rings. The number of methoxy groups -OCH3 is 1. The van der Waals surface area contributed by atoms with Gasteiger partial charge in [0.2, 0.25) is 0 Å². The number of rotatable bonds is 4. The lowest BCUT2D eigenvalue weighted by molar-refractivity contribution is 0.0715. The van der Waals surface area contributed by atoms with Gasteiger partial charge in [-0.1, -0.05) is 12.0 Å². The first-order valence-electron chi connectivity index (χ1n) is 12.0. The summed E-state index contributed by atoms with van der Waals surface area (Å²) in [4.78, 5) is 20.7. The second kappa shape index (κ2) is 8.97. The number of halogens is 1. The Morgan fingerprint density at radius 2 is 1.95 bits per heavy atom. The lowest BCUT2D eigenvalue weighted by Crippen LogP contribution is -2.22. The van der Waals surface area contributed by atoms with Gasteiger partial charge in [-0.2, -0.15) is 8.42 Å². The molecule has 8 nitrogen and oxygen atoms in total. The fourth-order valence-corrected chi connectivity index (χ4v) is 5.76. The Hall–Kier alpha value is -4.20. The normalized spacial score (nSPS) is 14.8. The Kier molecular flexibility index (Phi) is 5.70. The van der Waals surface area contributed by atoms with Gasteiger partial charge in [0.15, 0.2) is 5.43 Å². The zero-order valence-electron chi connectivity index (χ0n) is 20.3. The van der Waals surface area contributed by atoms with Crippen molar-refractivity contribution in [2.75, 3.05) is 20.3 Å². The summed E-state index contributed by atoms with van der Waals surface area (Å²) in [5.74, 6) is 2.96. The van der Waals surface area contributed by atoms with Gasteiger partial charge in [-0.05, 0) is 43.2 Å². The largest absolute Gasteiger partial charge is 0.496 e. The predicted octanol–water partition coefficient (Wildman–Crippen LogP) is 4.70. The number of hydrogen-bond donors (Lipinski definition) is 1. The minimum Gasteiger partial charge on any atom is -0.496 e. The monoisotopic (exact) mass is 531 g/mol. The van der Waals surface area contributed by atoms with E-state index in [-0.39, 0.29) is 11.5 Å². The quantitative estimate of drug-likeness (QED) is 0.266. The van der Waals surface area contributed by atoms with Gasteiger partial charge in [-0.15, -0.1) is 10.3 Å². The molecule has 6 rings (SSSR count). The van der Waals surface area contributed by atoms with Crippen LogP contribution in [0.15, 0.2) is 58.5 Å². The molecule has 192 valence electrons. The molecule has 1 fully saturated rings. The molecule has 5 aromatic rings. The molecule has 1 aliphatic heterocycles. The number of benzene rings is 2. The van der Waals surface area contributed by atoms with Crippen LogP contribution in [-0.4, -0.2) is 43.3 Å². The Morgan fingerprint density at radius 1 is 1.16 bits per heavy atom. The van der Waals surface area contributed by atoms with E-state index in [4.69, 9.17) is 15.9 Å². The summed E-state index contributed by atoms with van der Waals surface area (Å²) in [6.07, 6.45) is 9.45. The molecule has 0 radical (unpaired) electrons. The second-order valence-corrected chi connectivity index (χ2v) is 10.6. The highest BCUT2D eigenvalue weighted by atomic mass is 32.3. The van der Waals surface area contributed by atoms with E-state index in [9.17, 15) is 17.1 Å². The maximum Gasteiger partial charge on any atom is 0.333 e. The zero-order valence-corrected chi connectivity index (χ0v) is 21.1. The Morgan fingerprint density at radius 3 is 2.66 bits per heavy atom. The lowest BCUT2D eigenvalue weighted by atomic mass is 10.00. The number of fused-ring (bicyclic) bond motifs is 4. The standard InChI is InChI=1S/C28H22FN3O5S/c1-3-16-4-5-20-23(10-16)31-28-26(20)27(33)22-13-25(36-2)21(17-11-19(15-30-14-17)38(29,34)35)12-24(22)32(28)18-6-8-37-9-7-18/h1,4-5,10-15,18,31H,6-9H2,2H3. The minimum absolute atomic E-state index is 0.0199. The first kappa shape index (κ1) is 24.2. The molecule has 0 aliphatic carbocycles. The Labute approximate surface area is 217 Å². The van der Waals surface area contributed by atoms with Gasteiger partial charge in [-0.3, -0.25) is 9.78 Å². The third-order valence-corrected chi connectivity index (χ3v) is 7.88. The maximum absolute atomic E-state index is 14.0. The van der Waals surface area contributed by atoms with E-state index in [0.29, 0.717) is 57.6 Å². The number of aromatic nitrogens is 3. The van der Waals surface area contributed by atoms with Crippen LogP contribution in [-0.2, 0) is 15.0 Å². The highest BCUT2D eigenvalue weighted by molar-refractivity contribution is 7.86. The van der Waals surface area contributed by atoms with Crippen LogP contribution in [0.25, 0.3) is 44.0 Å². The highest BCUT2D eigenvalue weighted by Gasteiger charge is 2.25. The van der Waals surface area contributed by atoms with Gasteiger partial charge in [0, 0.05) is 59.2 Å². The second-order valence-electron chi connectivity index (χ2n) is 9.21. The van der Waals surface area contributed by atoms with Crippen LogP contribution in [0, 0.1) is 12.3 Å². The molecular formula is C28H22FN3O5S. The van der Waals surface area contributed by atoms with Crippen molar-refractivity contribution in [2.24, 2.45) is 0 Å². The number of hydrogen-bond acceptors (Lipinski definition) is 6. The van der Waals surface area contributed by atoms with Gasteiger partial charge in [0.1, 0.15) is 16.3 Å². The van der Waals surface area contributed by atoms with Crippen LogP contribution >= 0.6 is 0 Å². The van der Waals surface area contributed by atoms with Crippen LogP contribution in [0.3, 0.4) is 0 Å². The van der Waals surface area contributed by atoms with Crippen molar-refractivity contribution in [1.82, 2.24) is 14.5 Å². The number of nitrogens with zero attached hydrogens (tertiary/aromatic N) is 2. The molecule has 0 unspecified atom stereocenters. The first-order chi connectivity index (χ1) is 18.3. The summed E-state index contributed by atoms with van der Waals surface area (Å²) in [6.45, 7) is 1.15. The van der Waals surface area contributed by atoms with Crippen LogP contribution < -0.4 is 10.2 Å². The zero-order chi connectivity index (χ0) is 26.6. The molecule has 0 amide bonds. The van der Waals surface area contributed by atoms with Crippen LogP contribution in [0.1, 0.15) is 24.4 Å². The highest BCUT2D eigenvalue weighted by Crippen LogP contribution is 2.38. The van der Waals surface area contributed by atoms with E-state index in [1.165, 1.54) is 19.4 Å². The van der Waals surface area contributed by atoms with Crippen molar-refractivity contribution in [3.63, 3.8) is 0 Å². The Balaban J connectivity index is 1.74. The first-order valence-corrected chi connectivity index (χ1v) is 13.3. The molecule has 4 heterocycles. The number of nitrogens with one attached hydrogen (secondary N) is 1. The summed E-state index contributed by atoms with van der Waals surface area (Å²) < 4.78 is 50.2. The van der Waals surface area contributed by atoms with E-state index in [1.807, 2.05) is 12.1 Å². The van der Waals surface area contributed by atoms with E-state index >= 15 is 0 Å². The number of terminal acetylenes is 1. The van der Waals surface area contributed by atoms with Crippen molar-refractivity contribution in [2.45, 2.75) is 23.8 Å². The predicted molar refractivity (Wildman–Crippen MR) is 143 cm³/mol. The number of ether oxygens (including phenoxy) is 2. The van der Waals surface area contributed by atoms with Gasteiger partial charge >= 0.3 is 10.2 Å². The van der Waals surface area contributed by atoms with Gasteiger partial charge in [-0.25, -0.2) is 0 Å². The summed E-state index contributed by atoms with van der Waals surface area (Å²) >= 11 is 0. The van der Waals surface area contributed by atoms with E-state index in [0.717, 1.165) is 29.9 Å². The molecule has 38 heavy (non-hydrogen) atoms. The van der Waals surface area contributed by atoms with E-state index in [2.05, 4.69) is 20.5 Å². The van der Waals surface area contributed by atoms with Crippen LogP contribution in [0.2, 0.25) is 0 Å². The number of H-pyrrole nitrogens is 1. The molecule has 0 atom stereocenters. The molecule has 1 saturated heterocycles. The molecule has 1 N–H and O–H groups in total. The van der Waals surface area contributed by atoms with Crippen molar-refractivity contribution in [1.29, 1.82) is 0 Å². The smallest absolute Gasteiger partial charge is 0.333 e. The van der Waals surface area contributed by atoms with Gasteiger partial charge in [0.25, 0.3) is 0 Å². The van der Waals surface area contributed by atoms with Gasteiger partial charge in [0.05, 0.1) is 23.4 Å². The molecule has 0 spiro atoms. The molecular weight excluding hydrogens is 509 g/mol. The van der Waals surface area contributed by atoms with Crippen molar-refractivity contribution in [3.05, 3.63) is 64.6 Å². The third-order valence-electron chi connectivity index (χ3n) is 7.10. The summed E-state index contributed by atoms with van der Waals surface area (Å²) in [5, 5.41) is 1.75. The maximum atomic E-state index is 14.0. The third kappa shape index (κ3) is 3.83. The number of aromatic amines is 1. The molecule has 0 saturated carbocycles.